The van der Waals surface area contributed by atoms with Crippen LogP contribution in [0.15, 0.2) is 22.5 Å². The molecular weight excluding hydrogens is 308 g/mol. The number of nitrogens with zero attached hydrogens (tertiary/aromatic N) is 2. The first kappa shape index (κ1) is 16.2. The van der Waals surface area contributed by atoms with Crippen LogP contribution < -0.4 is 10.0 Å². The molecule has 0 aromatic carbocycles. The smallest absolute Gasteiger partial charge is 0.242 e. The van der Waals surface area contributed by atoms with Gasteiger partial charge in [-0.2, -0.15) is 0 Å². The van der Waals surface area contributed by atoms with Crippen molar-refractivity contribution in [3.63, 3.8) is 0 Å². The maximum atomic E-state index is 12.3. The number of aromatic nitrogens is 2. The number of hydrogen-bond donors (Lipinski definition) is 2. The third-order valence-corrected chi connectivity index (χ3v) is 5.27. The minimum absolute atomic E-state index is 0.214. The zero-order valence-corrected chi connectivity index (χ0v) is 14.0. The van der Waals surface area contributed by atoms with E-state index in [1.807, 2.05) is 30.8 Å². The van der Waals surface area contributed by atoms with Crippen molar-refractivity contribution in [2.75, 3.05) is 7.05 Å². The van der Waals surface area contributed by atoms with Crippen molar-refractivity contribution in [3.05, 3.63) is 34.0 Å². The summed E-state index contributed by atoms with van der Waals surface area (Å²) in [6.45, 7) is 5.47. The Kier molecular flexibility index (Phi) is 5.15. The summed E-state index contributed by atoms with van der Waals surface area (Å²) in [5, 5.41) is 5.83. The Balaban J connectivity index is 2.15. The Labute approximate surface area is 129 Å². The minimum Gasteiger partial charge on any atom is -0.349 e. The van der Waals surface area contributed by atoms with Gasteiger partial charge in [-0.15, -0.1) is 11.3 Å². The molecule has 2 N–H and O–H groups in total. The summed E-state index contributed by atoms with van der Waals surface area (Å²) in [7, 11) is -1.68. The van der Waals surface area contributed by atoms with E-state index in [-0.39, 0.29) is 6.54 Å². The highest BCUT2D eigenvalue weighted by atomic mass is 32.2. The Morgan fingerprint density at radius 2 is 2.14 bits per heavy atom. The zero-order valence-electron chi connectivity index (χ0n) is 12.4. The van der Waals surface area contributed by atoms with Gasteiger partial charge in [0.1, 0.15) is 0 Å². The van der Waals surface area contributed by atoms with E-state index in [0.29, 0.717) is 11.4 Å². The summed E-state index contributed by atoms with van der Waals surface area (Å²) in [6, 6.07) is 1.70. The zero-order chi connectivity index (χ0) is 15.5. The van der Waals surface area contributed by atoms with Gasteiger partial charge >= 0.3 is 0 Å². The van der Waals surface area contributed by atoms with Crippen molar-refractivity contribution < 1.29 is 8.42 Å². The van der Waals surface area contributed by atoms with Crippen molar-refractivity contribution in [2.24, 2.45) is 0 Å². The van der Waals surface area contributed by atoms with Crippen molar-refractivity contribution in [1.82, 2.24) is 19.6 Å². The number of aryl methyl sites for hydroxylation is 2. The van der Waals surface area contributed by atoms with Crippen LogP contribution >= 0.6 is 11.3 Å². The first-order valence-corrected chi connectivity index (χ1v) is 9.07. The third kappa shape index (κ3) is 3.91. The summed E-state index contributed by atoms with van der Waals surface area (Å²) in [6.07, 6.45) is 1.67. The van der Waals surface area contributed by atoms with Gasteiger partial charge in [-0.25, -0.2) is 18.1 Å². The molecule has 0 aliphatic heterocycles. The second kappa shape index (κ2) is 6.69. The summed E-state index contributed by atoms with van der Waals surface area (Å²) < 4.78 is 29.2. The van der Waals surface area contributed by atoms with Gasteiger partial charge in [0, 0.05) is 30.4 Å². The summed E-state index contributed by atoms with van der Waals surface area (Å²) in [4.78, 5) is 4.55. The molecular formula is C13H20N4O2S2. The second-order valence-electron chi connectivity index (χ2n) is 4.67. The van der Waals surface area contributed by atoms with Gasteiger partial charge in [0.15, 0.2) is 0 Å². The van der Waals surface area contributed by atoms with Gasteiger partial charge in [0.05, 0.1) is 22.1 Å². The highest BCUT2D eigenvalue weighted by molar-refractivity contribution is 7.89. The van der Waals surface area contributed by atoms with E-state index in [1.54, 1.807) is 12.3 Å². The molecule has 0 atom stereocenters. The predicted octanol–water partition coefficient (Wildman–Crippen LogP) is 1.47. The van der Waals surface area contributed by atoms with Crippen LogP contribution in [-0.2, 0) is 29.7 Å². The maximum Gasteiger partial charge on any atom is 0.242 e. The first-order chi connectivity index (χ1) is 9.96. The molecule has 2 aromatic heterocycles. The molecule has 0 spiro atoms. The Hall–Kier alpha value is -1.22. The molecule has 2 aromatic rings. The van der Waals surface area contributed by atoms with Gasteiger partial charge in [0.2, 0.25) is 10.0 Å². The number of rotatable bonds is 7. The Morgan fingerprint density at radius 1 is 1.38 bits per heavy atom. The van der Waals surface area contributed by atoms with E-state index in [1.165, 1.54) is 11.3 Å². The molecule has 0 saturated carbocycles. The lowest BCUT2D eigenvalue weighted by Gasteiger charge is -2.04. The molecule has 0 radical (unpaired) electrons. The molecule has 2 rings (SSSR count). The van der Waals surface area contributed by atoms with E-state index >= 15 is 0 Å². The lowest BCUT2D eigenvalue weighted by atomic mass is 10.4. The molecule has 21 heavy (non-hydrogen) atoms. The normalized spacial score (nSPS) is 12.0. The van der Waals surface area contributed by atoms with Crippen molar-refractivity contribution in [3.8, 4) is 0 Å². The molecule has 0 unspecified atom stereocenters. The molecule has 6 nitrogen and oxygen atoms in total. The third-order valence-electron chi connectivity index (χ3n) is 3.08. The first-order valence-electron chi connectivity index (χ1n) is 6.70. The van der Waals surface area contributed by atoms with Crippen molar-refractivity contribution >= 4 is 21.4 Å². The fraction of sp³-hybridized carbons (Fsp3) is 0.462. The number of hydrogen-bond acceptors (Lipinski definition) is 5. The van der Waals surface area contributed by atoms with Crippen LogP contribution in [0.25, 0.3) is 0 Å². The molecule has 2 heterocycles. The van der Waals surface area contributed by atoms with E-state index in [0.717, 1.165) is 22.9 Å². The van der Waals surface area contributed by atoms with E-state index in [4.69, 9.17) is 0 Å². The van der Waals surface area contributed by atoms with Gasteiger partial charge in [-0.05, 0) is 27.0 Å². The monoisotopic (exact) mass is 328 g/mol. The van der Waals surface area contributed by atoms with E-state index < -0.39 is 10.0 Å². The molecule has 116 valence electrons. The Bertz CT molecular complexity index is 704. The summed E-state index contributed by atoms with van der Waals surface area (Å²) in [5.74, 6) is 0. The second-order valence-corrected chi connectivity index (χ2v) is 7.50. The molecule has 0 bridgehead atoms. The van der Waals surface area contributed by atoms with Crippen LogP contribution in [0.3, 0.4) is 0 Å². The minimum atomic E-state index is -3.51. The largest absolute Gasteiger partial charge is 0.349 e. The lowest BCUT2D eigenvalue weighted by molar-refractivity contribution is 0.580. The predicted molar refractivity (Wildman–Crippen MR) is 83.7 cm³/mol. The van der Waals surface area contributed by atoms with Gasteiger partial charge in [-0.3, -0.25) is 0 Å². The number of sulfonamides is 1. The molecule has 0 aliphatic carbocycles. The molecule has 0 fully saturated rings. The average molecular weight is 328 g/mol. The lowest BCUT2D eigenvalue weighted by Crippen LogP contribution is -2.23. The van der Waals surface area contributed by atoms with Gasteiger partial charge in [-0.1, -0.05) is 0 Å². The maximum absolute atomic E-state index is 12.3. The topological polar surface area (TPSA) is 76.0 Å². The van der Waals surface area contributed by atoms with Crippen LogP contribution in [0.1, 0.15) is 23.3 Å². The molecule has 0 aliphatic rings. The average Bonchev–Trinajstić information content (AvgIpc) is 3.04. The van der Waals surface area contributed by atoms with Crippen LogP contribution in [0.5, 0.6) is 0 Å². The van der Waals surface area contributed by atoms with Crippen LogP contribution in [0, 0.1) is 6.92 Å². The highest BCUT2D eigenvalue weighted by Crippen LogP contribution is 2.15. The van der Waals surface area contributed by atoms with Gasteiger partial charge in [0.25, 0.3) is 0 Å². The molecule has 8 heteroatoms. The fourth-order valence-electron chi connectivity index (χ4n) is 2.04. The van der Waals surface area contributed by atoms with Crippen molar-refractivity contribution in [1.29, 1.82) is 0 Å². The van der Waals surface area contributed by atoms with E-state index in [9.17, 15) is 8.42 Å². The van der Waals surface area contributed by atoms with Crippen LogP contribution in [0.4, 0.5) is 0 Å². The van der Waals surface area contributed by atoms with Crippen LogP contribution in [0.2, 0.25) is 0 Å². The Morgan fingerprint density at radius 3 is 2.71 bits per heavy atom. The fourth-order valence-corrected chi connectivity index (χ4v) is 3.71. The standard InChI is InChI=1S/C13H20N4O2S2/c1-4-17-8-13(5-12(17)7-14-3)21(18,19)15-6-11-9-20-10(2)16-11/h5,8-9,14-15H,4,6-7H2,1-3H3. The van der Waals surface area contributed by atoms with E-state index in [2.05, 4.69) is 15.0 Å². The summed E-state index contributed by atoms with van der Waals surface area (Å²) >= 11 is 1.51. The van der Waals surface area contributed by atoms with Crippen LogP contribution in [-0.4, -0.2) is 25.0 Å². The number of nitrogens with one attached hydrogen (secondary N) is 2. The highest BCUT2D eigenvalue weighted by Gasteiger charge is 2.18. The molecule has 0 saturated heterocycles. The number of thiazole rings is 1. The summed E-state index contributed by atoms with van der Waals surface area (Å²) in [5.41, 5.74) is 1.69. The van der Waals surface area contributed by atoms with Gasteiger partial charge < -0.3 is 9.88 Å². The molecule has 0 amide bonds. The quantitative estimate of drug-likeness (QED) is 0.807. The SMILES string of the molecule is CCn1cc(S(=O)(=O)NCc2csc(C)n2)cc1CNC. The van der Waals surface area contributed by atoms with Crippen molar-refractivity contribution in [2.45, 2.75) is 38.4 Å².